The summed E-state index contributed by atoms with van der Waals surface area (Å²) in [5.74, 6) is -3.54. The summed E-state index contributed by atoms with van der Waals surface area (Å²) in [4.78, 5) is 44.7. The molecule has 0 aliphatic rings. The van der Waals surface area contributed by atoms with E-state index < -0.39 is 29.6 Å². The van der Waals surface area contributed by atoms with Crippen molar-refractivity contribution in [3.63, 3.8) is 0 Å². The second-order valence-corrected chi connectivity index (χ2v) is 8.58. The normalized spacial score (nSPS) is 11.2. The number of allylic oxidation sites excluding steroid dienone is 1. The SMILES string of the molecule is CCn1nc(C)cc1C(=O)Nc1nc2cc(C(N)=O)cc(OC)c2n1C/C=C/CNC(=O)c1cc(F)nc(F)c1. The second-order valence-electron chi connectivity index (χ2n) is 8.58. The Morgan fingerprint density at radius 2 is 1.75 bits per heavy atom. The number of nitrogens with one attached hydrogen (secondary N) is 2. The van der Waals surface area contributed by atoms with Crippen molar-refractivity contribution in [3.8, 4) is 5.75 Å². The number of fused-ring (bicyclic) bond motifs is 1. The predicted molar refractivity (Wildman–Crippen MR) is 141 cm³/mol. The summed E-state index contributed by atoms with van der Waals surface area (Å²) in [5.41, 5.74) is 7.28. The number of ether oxygens (including phenoxy) is 1. The predicted octanol–water partition coefficient (Wildman–Crippen LogP) is 2.58. The summed E-state index contributed by atoms with van der Waals surface area (Å²) >= 11 is 0. The molecule has 0 aliphatic carbocycles. The van der Waals surface area contributed by atoms with E-state index in [0.29, 0.717) is 34.7 Å². The summed E-state index contributed by atoms with van der Waals surface area (Å²) < 4.78 is 35.3. The van der Waals surface area contributed by atoms with Gasteiger partial charge in [0.15, 0.2) is 0 Å². The van der Waals surface area contributed by atoms with Crippen molar-refractivity contribution in [1.29, 1.82) is 0 Å². The maximum absolute atomic E-state index is 13.3. The number of benzene rings is 1. The molecule has 0 fully saturated rings. The van der Waals surface area contributed by atoms with Crippen LogP contribution in [0.25, 0.3) is 11.0 Å². The molecular formula is C26H26F2N8O4. The molecule has 0 spiro atoms. The molecule has 0 saturated carbocycles. The van der Waals surface area contributed by atoms with Crippen molar-refractivity contribution in [2.24, 2.45) is 5.73 Å². The topological polar surface area (TPSA) is 159 Å². The number of imidazole rings is 1. The lowest BCUT2D eigenvalue weighted by molar-refractivity contribution is 0.0954. The number of aryl methyl sites for hydroxylation is 2. The Labute approximate surface area is 226 Å². The first kappa shape index (κ1) is 27.9. The van der Waals surface area contributed by atoms with Crippen molar-refractivity contribution in [2.75, 3.05) is 19.0 Å². The Hall–Kier alpha value is -5.14. The van der Waals surface area contributed by atoms with Gasteiger partial charge in [-0.05, 0) is 32.0 Å². The number of primary amides is 1. The molecule has 40 heavy (non-hydrogen) atoms. The quantitative estimate of drug-likeness (QED) is 0.201. The summed E-state index contributed by atoms with van der Waals surface area (Å²) in [6, 6.07) is 6.27. The number of nitrogens with two attached hydrogens (primary N) is 1. The number of pyridine rings is 1. The summed E-state index contributed by atoms with van der Waals surface area (Å²) in [6.07, 6.45) is 3.30. The lowest BCUT2D eigenvalue weighted by atomic mass is 10.1. The van der Waals surface area contributed by atoms with E-state index in [1.54, 1.807) is 34.4 Å². The van der Waals surface area contributed by atoms with Gasteiger partial charge in [-0.2, -0.15) is 18.9 Å². The van der Waals surface area contributed by atoms with Gasteiger partial charge in [0, 0.05) is 42.9 Å². The molecule has 1 aromatic carbocycles. The van der Waals surface area contributed by atoms with E-state index in [1.165, 1.54) is 19.2 Å². The Bertz CT molecular complexity index is 1620. The minimum absolute atomic E-state index is 0.0383. The van der Waals surface area contributed by atoms with Crippen LogP contribution in [0.2, 0.25) is 0 Å². The van der Waals surface area contributed by atoms with E-state index in [9.17, 15) is 23.2 Å². The lowest BCUT2D eigenvalue weighted by Crippen LogP contribution is -2.24. The van der Waals surface area contributed by atoms with E-state index in [4.69, 9.17) is 10.5 Å². The molecule has 0 aliphatic heterocycles. The molecule has 14 heteroatoms. The number of nitrogens with zero attached hydrogens (tertiary/aromatic N) is 5. The number of anilines is 1. The van der Waals surface area contributed by atoms with E-state index in [-0.39, 0.29) is 30.2 Å². The molecular weight excluding hydrogens is 526 g/mol. The lowest BCUT2D eigenvalue weighted by Gasteiger charge is -2.11. The molecule has 0 unspecified atom stereocenters. The first-order valence-electron chi connectivity index (χ1n) is 12.1. The van der Waals surface area contributed by atoms with E-state index >= 15 is 0 Å². The highest BCUT2D eigenvalue weighted by Gasteiger charge is 2.21. The number of halogens is 2. The number of aromatic nitrogens is 5. The number of carbonyl (C=O) groups is 3. The molecule has 0 bridgehead atoms. The van der Waals surface area contributed by atoms with Gasteiger partial charge in [0.25, 0.3) is 11.8 Å². The Kier molecular flexibility index (Phi) is 8.17. The van der Waals surface area contributed by atoms with Crippen molar-refractivity contribution < 1.29 is 27.9 Å². The largest absolute Gasteiger partial charge is 0.494 e. The van der Waals surface area contributed by atoms with Crippen LogP contribution in [0, 0.1) is 18.8 Å². The number of carbonyl (C=O) groups excluding carboxylic acids is 3. The van der Waals surface area contributed by atoms with Crippen molar-refractivity contribution in [3.05, 3.63) is 76.9 Å². The zero-order valence-corrected chi connectivity index (χ0v) is 21.9. The number of methoxy groups -OCH3 is 1. The van der Waals surface area contributed by atoms with Crippen molar-refractivity contribution >= 4 is 34.7 Å². The molecule has 3 aromatic heterocycles. The maximum atomic E-state index is 13.3. The Balaban J connectivity index is 1.61. The van der Waals surface area contributed by atoms with Crippen molar-refractivity contribution in [2.45, 2.75) is 26.9 Å². The average Bonchev–Trinajstić information content (AvgIpc) is 3.46. The van der Waals surface area contributed by atoms with Crippen LogP contribution < -0.4 is 21.1 Å². The molecule has 0 radical (unpaired) electrons. The van der Waals surface area contributed by atoms with Gasteiger partial charge in [-0.15, -0.1) is 0 Å². The minimum Gasteiger partial charge on any atom is -0.494 e. The first-order valence-corrected chi connectivity index (χ1v) is 12.1. The zero-order chi connectivity index (χ0) is 29.0. The van der Waals surface area contributed by atoms with Crippen LogP contribution in [-0.2, 0) is 13.1 Å². The standard InChI is InChI=1S/C26H26F2N8O4/c1-4-36-18(9-14(2)34-36)25(39)33-26-31-17-10-15(23(29)37)11-19(40-3)22(17)35(26)8-6-5-7-30-24(38)16-12-20(27)32-21(28)13-16/h5-6,9-13H,4,7-8H2,1-3H3,(H2,29,37)(H,30,38)(H,31,33,39)/b6-5+. The molecule has 4 N–H and O–H groups in total. The number of amides is 3. The van der Waals surface area contributed by atoms with Gasteiger partial charge in [0.05, 0.1) is 18.3 Å². The van der Waals surface area contributed by atoms with Crippen LogP contribution in [0.3, 0.4) is 0 Å². The highest BCUT2D eigenvalue weighted by molar-refractivity contribution is 6.04. The van der Waals surface area contributed by atoms with E-state index in [2.05, 4.69) is 25.7 Å². The van der Waals surface area contributed by atoms with Crippen molar-refractivity contribution in [1.82, 2.24) is 29.6 Å². The molecule has 0 saturated heterocycles. The first-order chi connectivity index (χ1) is 19.1. The van der Waals surface area contributed by atoms with E-state index in [0.717, 1.165) is 12.1 Å². The molecule has 3 heterocycles. The molecule has 4 rings (SSSR count). The minimum atomic E-state index is -1.10. The smallest absolute Gasteiger partial charge is 0.276 e. The van der Waals surface area contributed by atoms with Gasteiger partial charge in [-0.3, -0.25) is 24.4 Å². The van der Waals surface area contributed by atoms with Gasteiger partial charge in [0.1, 0.15) is 17.0 Å². The third-order valence-corrected chi connectivity index (χ3v) is 5.83. The third kappa shape index (κ3) is 5.95. The van der Waals surface area contributed by atoms with Crippen LogP contribution in [0.1, 0.15) is 43.8 Å². The van der Waals surface area contributed by atoms with Crippen LogP contribution in [0.4, 0.5) is 14.7 Å². The molecule has 3 amide bonds. The highest BCUT2D eigenvalue weighted by Crippen LogP contribution is 2.31. The fourth-order valence-corrected chi connectivity index (χ4v) is 4.05. The van der Waals surface area contributed by atoms with Crippen LogP contribution in [0.15, 0.2) is 42.5 Å². The van der Waals surface area contributed by atoms with Gasteiger partial charge < -0.3 is 20.4 Å². The Morgan fingerprint density at radius 1 is 1.02 bits per heavy atom. The molecule has 4 aromatic rings. The van der Waals surface area contributed by atoms with Crippen LogP contribution >= 0.6 is 0 Å². The monoisotopic (exact) mass is 552 g/mol. The zero-order valence-electron chi connectivity index (χ0n) is 21.9. The summed E-state index contributed by atoms with van der Waals surface area (Å²) in [5, 5.41) is 9.62. The maximum Gasteiger partial charge on any atom is 0.276 e. The highest BCUT2D eigenvalue weighted by atomic mass is 19.1. The third-order valence-electron chi connectivity index (χ3n) is 5.83. The van der Waals surface area contributed by atoms with Gasteiger partial charge in [0.2, 0.25) is 23.8 Å². The van der Waals surface area contributed by atoms with Crippen LogP contribution in [-0.4, -0.2) is 55.7 Å². The summed E-state index contributed by atoms with van der Waals surface area (Å²) in [6.45, 7) is 4.32. The molecule has 208 valence electrons. The number of hydrogen-bond acceptors (Lipinski definition) is 7. The molecule has 0 atom stereocenters. The fourth-order valence-electron chi connectivity index (χ4n) is 4.05. The van der Waals surface area contributed by atoms with E-state index in [1.807, 2.05) is 6.92 Å². The molecule has 12 nitrogen and oxygen atoms in total. The number of rotatable bonds is 10. The summed E-state index contributed by atoms with van der Waals surface area (Å²) in [7, 11) is 1.42. The fraction of sp³-hybridized carbons (Fsp3) is 0.231. The van der Waals surface area contributed by atoms with Gasteiger partial charge >= 0.3 is 0 Å². The second kappa shape index (κ2) is 11.7. The Morgan fingerprint density at radius 3 is 2.40 bits per heavy atom. The number of hydrogen-bond donors (Lipinski definition) is 3. The van der Waals surface area contributed by atoms with Crippen LogP contribution in [0.5, 0.6) is 5.75 Å². The van der Waals surface area contributed by atoms with Gasteiger partial charge in [-0.1, -0.05) is 12.2 Å². The van der Waals surface area contributed by atoms with Gasteiger partial charge in [-0.25, -0.2) is 4.98 Å². The average molecular weight is 553 g/mol.